The van der Waals surface area contributed by atoms with E-state index >= 15 is 0 Å². The fraction of sp³-hybridized carbons (Fsp3) is 0.231. The minimum absolute atomic E-state index is 0.232. The molecule has 0 saturated carbocycles. The number of rotatable bonds is 3. The maximum atomic E-state index is 11.2. The van der Waals surface area contributed by atoms with Crippen molar-refractivity contribution in [2.75, 3.05) is 7.11 Å². The van der Waals surface area contributed by atoms with E-state index < -0.39 is 12.1 Å². The van der Waals surface area contributed by atoms with Crippen LogP contribution in [-0.2, 0) is 16.0 Å². The highest BCUT2D eigenvalue weighted by atomic mass is 16.5. The fourth-order valence-electron chi connectivity index (χ4n) is 1.76. The lowest BCUT2D eigenvalue weighted by Crippen LogP contribution is -2.24. The third-order valence-electron chi connectivity index (χ3n) is 2.63. The minimum atomic E-state index is -1.13. The monoisotopic (exact) mass is 231 g/mol. The van der Waals surface area contributed by atoms with E-state index in [4.69, 9.17) is 0 Å². The average Bonchev–Trinajstić information content (AvgIpc) is 2.38. The summed E-state index contributed by atoms with van der Waals surface area (Å²) in [5, 5.41) is 10.6. The second-order valence-electron chi connectivity index (χ2n) is 3.73. The Hall–Kier alpha value is -1.94. The highest BCUT2D eigenvalue weighted by Gasteiger charge is 2.16. The summed E-state index contributed by atoms with van der Waals surface area (Å²) in [5.41, 5.74) is 1.73. The van der Waals surface area contributed by atoms with Crippen molar-refractivity contribution in [2.24, 2.45) is 0 Å². The van der Waals surface area contributed by atoms with Gasteiger partial charge in [0.25, 0.3) is 0 Å². The van der Waals surface area contributed by atoms with E-state index in [1.807, 2.05) is 24.3 Å². The predicted molar refractivity (Wildman–Crippen MR) is 63.5 cm³/mol. The number of fused-ring (bicyclic) bond motifs is 1. The number of aliphatic hydroxyl groups is 1. The van der Waals surface area contributed by atoms with E-state index in [2.05, 4.69) is 9.72 Å². The highest BCUT2D eigenvalue weighted by Crippen LogP contribution is 2.17. The molecule has 0 bridgehead atoms. The molecule has 1 N–H and O–H groups in total. The first-order valence-corrected chi connectivity index (χ1v) is 5.31. The first-order valence-electron chi connectivity index (χ1n) is 5.31. The summed E-state index contributed by atoms with van der Waals surface area (Å²) >= 11 is 0. The van der Waals surface area contributed by atoms with Gasteiger partial charge in [-0.05, 0) is 17.7 Å². The third kappa shape index (κ3) is 2.42. The zero-order chi connectivity index (χ0) is 12.3. The predicted octanol–water partition coefficient (Wildman–Crippen LogP) is 1.31. The summed E-state index contributed by atoms with van der Waals surface area (Å²) < 4.78 is 4.49. The molecule has 1 aromatic heterocycles. The lowest BCUT2D eigenvalue weighted by atomic mass is 10.0. The number of aliphatic hydroxyl groups excluding tert-OH is 1. The molecule has 1 atom stereocenters. The Balaban J connectivity index is 2.33. The van der Waals surface area contributed by atoms with Gasteiger partial charge in [0.2, 0.25) is 0 Å². The molecule has 1 unspecified atom stereocenters. The highest BCUT2D eigenvalue weighted by molar-refractivity contribution is 5.83. The summed E-state index contributed by atoms with van der Waals surface area (Å²) in [5.74, 6) is -0.620. The minimum Gasteiger partial charge on any atom is -0.467 e. The van der Waals surface area contributed by atoms with E-state index in [0.29, 0.717) is 0 Å². The van der Waals surface area contributed by atoms with Crippen LogP contribution in [0.25, 0.3) is 10.9 Å². The standard InChI is InChI=1S/C13H13NO3/c1-17-13(16)12(15)8-9-6-7-14-11-5-3-2-4-10(9)11/h2-7,12,15H,8H2,1H3. The van der Waals surface area contributed by atoms with Crippen molar-refractivity contribution in [2.45, 2.75) is 12.5 Å². The molecule has 2 rings (SSSR count). The Kier molecular flexibility index (Phi) is 3.35. The Labute approximate surface area is 98.9 Å². The number of methoxy groups -OCH3 is 1. The summed E-state index contributed by atoms with van der Waals surface area (Å²) in [6, 6.07) is 9.41. The molecule has 88 valence electrons. The molecule has 0 spiro atoms. The van der Waals surface area contributed by atoms with E-state index in [9.17, 15) is 9.90 Å². The quantitative estimate of drug-likeness (QED) is 0.809. The zero-order valence-corrected chi connectivity index (χ0v) is 9.46. The largest absolute Gasteiger partial charge is 0.467 e. The van der Waals surface area contributed by atoms with Gasteiger partial charge >= 0.3 is 5.97 Å². The number of benzene rings is 1. The van der Waals surface area contributed by atoms with Gasteiger partial charge in [0.1, 0.15) is 0 Å². The van der Waals surface area contributed by atoms with Crippen molar-refractivity contribution in [1.82, 2.24) is 4.98 Å². The molecule has 4 heteroatoms. The van der Waals surface area contributed by atoms with Crippen LogP contribution in [0.2, 0.25) is 0 Å². The smallest absolute Gasteiger partial charge is 0.335 e. The summed E-state index contributed by atoms with van der Waals surface area (Å²) in [7, 11) is 1.26. The van der Waals surface area contributed by atoms with Crippen molar-refractivity contribution < 1.29 is 14.6 Å². The van der Waals surface area contributed by atoms with Gasteiger partial charge in [-0.3, -0.25) is 4.98 Å². The third-order valence-corrected chi connectivity index (χ3v) is 2.63. The van der Waals surface area contributed by atoms with Crippen molar-refractivity contribution in [3.63, 3.8) is 0 Å². The van der Waals surface area contributed by atoms with Gasteiger partial charge in [-0.25, -0.2) is 4.79 Å². The van der Waals surface area contributed by atoms with Crippen LogP contribution < -0.4 is 0 Å². The van der Waals surface area contributed by atoms with Gasteiger partial charge in [0.15, 0.2) is 6.10 Å². The number of nitrogens with zero attached hydrogens (tertiary/aromatic N) is 1. The number of carbonyl (C=O) groups excluding carboxylic acids is 1. The molecule has 0 radical (unpaired) electrons. The fourth-order valence-corrected chi connectivity index (χ4v) is 1.76. The normalized spacial score (nSPS) is 12.4. The molecule has 4 nitrogen and oxygen atoms in total. The molecule has 0 fully saturated rings. The molecule has 2 aromatic rings. The summed E-state index contributed by atoms with van der Waals surface area (Å²) in [6.45, 7) is 0. The molecule has 17 heavy (non-hydrogen) atoms. The van der Waals surface area contributed by atoms with Crippen LogP contribution in [0.15, 0.2) is 36.5 Å². The summed E-state index contributed by atoms with van der Waals surface area (Å²) in [4.78, 5) is 15.4. The lowest BCUT2D eigenvalue weighted by molar-refractivity contribution is -0.150. The molecule has 0 aliphatic carbocycles. The second kappa shape index (κ2) is 4.93. The molecule has 0 saturated heterocycles. The van der Waals surface area contributed by atoms with E-state index in [1.54, 1.807) is 12.3 Å². The molecule has 0 aliphatic heterocycles. The Morgan fingerprint density at radius 2 is 2.18 bits per heavy atom. The maximum Gasteiger partial charge on any atom is 0.335 e. The second-order valence-corrected chi connectivity index (χ2v) is 3.73. The number of para-hydroxylation sites is 1. The van der Waals surface area contributed by atoms with Gasteiger partial charge in [0, 0.05) is 18.0 Å². The van der Waals surface area contributed by atoms with E-state index in [0.717, 1.165) is 16.5 Å². The Morgan fingerprint density at radius 3 is 2.94 bits per heavy atom. The van der Waals surface area contributed by atoms with Gasteiger partial charge in [-0.1, -0.05) is 18.2 Å². The average molecular weight is 231 g/mol. The molecular weight excluding hydrogens is 218 g/mol. The molecule has 1 aromatic carbocycles. The van der Waals surface area contributed by atoms with Crippen LogP contribution in [0.5, 0.6) is 0 Å². The molecular formula is C13H13NO3. The Bertz CT molecular complexity index is 534. The number of esters is 1. The van der Waals surface area contributed by atoms with E-state index in [-0.39, 0.29) is 6.42 Å². The van der Waals surface area contributed by atoms with E-state index in [1.165, 1.54) is 7.11 Å². The topological polar surface area (TPSA) is 59.4 Å². The van der Waals surface area contributed by atoms with Gasteiger partial charge in [0.05, 0.1) is 12.6 Å². The number of aromatic nitrogens is 1. The first kappa shape index (κ1) is 11.5. The number of hydrogen-bond donors (Lipinski definition) is 1. The summed E-state index contributed by atoms with van der Waals surface area (Å²) in [6.07, 6.45) is 0.767. The van der Waals surface area contributed by atoms with Crippen molar-refractivity contribution in [3.8, 4) is 0 Å². The van der Waals surface area contributed by atoms with Gasteiger partial charge in [-0.2, -0.15) is 0 Å². The van der Waals surface area contributed by atoms with Crippen LogP contribution in [0.4, 0.5) is 0 Å². The first-order chi connectivity index (χ1) is 8.22. The molecule has 0 aliphatic rings. The zero-order valence-electron chi connectivity index (χ0n) is 9.46. The number of ether oxygens (including phenoxy) is 1. The van der Waals surface area contributed by atoms with Crippen molar-refractivity contribution in [3.05, 3.63) is 42.1 Å². The van der Waals surface area contributed by atoms with Crippen molar-refractivity contribution in [1.29, 1.82) is 0 Å². The van der Waals surface area contributed by atoms with Crippen LogP contribution in [0.1, 0.15) is 5.56 Å². The van der Waals surface area contributed by atoms with Crippen molar-refractivity contribution >= 4 is 16.9 Å². The lowest BCUT2D eigenvalue weighted by Gasteiger charge is -2.10. The molecule has 1 heterocycles. The number of pyridine rings is 1. The van der Waals surface area contributed by atoms with Crippen LogP contribution >= 0.6 is 0 Å². The Morgan fingerprint density at radius 1 is 1.41 bits per heavy atom. The van der Waals surface area contributed by atoms with Gasteiger partial charge in [-0.15, -0.1) is 0 Å². The maximum absolute atomic E-state index is 11.2. The molecule has 0 amide bonds. The van der Waals surface area contributed by atoms with Gasteiger partial charge < -0.3 is 9.84 Å². The van der Waals surface area contributed by atoms with Crippen LogP contribution in [0, 0.1) is 0 Å². The number of carbonyl (C=O) groups is 1. The van der Waals surface area contributed by atoms with Crippen LogP contribution in [0.3, 0.4) is 0 Å². The SMILES string of the molecule is COC(=O)C(O)Cc1ccnc2ccccc12. The number of hydrogen-bond acceptors (Lipinski definition) is 4. The van der Waals surface area contributed by atoms with Crippen LogP contribution in [-0.4, -0.2) is 29.3 Å².